The summed E-state index contributed by atoms with van der Waals surface area (Å²) >= 11 is 0. The zero-order chi connectivity index (χ0) is 9.14. The van der Waals surface area contributed by atoms with E-state index >= 15 is 0 Å². The first-order valence-electron chi connectivity index (χ1n) is 3.14. The monoisotopic (exact) mass is 167 g/mol. The Kier molecular flexibility index (Phi) is 2.11. The maximum atomic E-state index is 10.8. The highest BCUT2D eigenvalue weighted by molar-refractivity contribution is 6.12. The Hall–Kier alpha value is -1.81. The lowest BCUT2D eigenvalue weighted by Gasteiger charge is -1.89. The first-order chi connectivity index (χ1) is 5.66. The van der Waals surface area contributed by atoms with Crippen molar-refractivity contribution < 1.29 is 14.3 Å². The summed E-state index contributed by atoms with van der Waals surface area (Å²) in [7, 11) is 0. The fourth-order valence-electron chi connectivity index (χ4n) is 0.784. The fourth-order valence-corrected chi connectivity index (χ4v) is 0.784. The predicted molar refractivity (Wildman–Crippen MR) is 37.8 cm³/mol. The second kappa shape index (κ2) is 3.06. The molecule has 0 fully saturated rings. The SMILES string of the molecule is CC1=C(CN=[N+]=[N-])C(=O)OC1=O. The minimum absolute atomic E-state index is 0.132. The second-order valence-electron chi connectivity index (χ2n) is 2.17. The third-order valence-electron chi connectivity index (χ3n) is 1.48. The third-order valence-corrected chi connectivity index (χ3v) is 1.48. The first kappa shape index (κ1) is 8.29. The maximum Gasteiger partial charge on any atom is 0.342 e. The molecule has 0 bridgehead atoms. The van der Waals surface area contributed by atoms with Crippen molar-refractivity contribution >= 4 is 11.9 Å². The van der Waals surface area contributed by atoms with E-state index in [2.05, 4.69) is 14.8 Å². The Morgan fingerprint density at radius 2 is 2.17 bits per heavy atom. The lowest BCUT2D eigenvalue weighted by Crippen LogP contribution is -2.03. The Bertz CT molecular complexity index is 325. The summed E-state index contributed by atoms with van der Waals surface area (Å²) < 4.78 is 4.25. The van der Waals surface area contributed by atoms with Crippen LogP contribution in [-0.4, -0.2) is 18.5 Å². The van der Waals surface area contributed by atoms with Crippen LogP contribution in [0.4, 0.5) is 0 Å². The molecule has 0 radical (unpaired) electrons. The number of carbonyl (C=O) groups excluding carboxylic acids is 2. The van der Waals surface area contributed by atoms with E-state index in [0.29, 0.717) is 0 Å². The van der Waals surface area contributed by atoms with Gasteiger partial charge in [0.2, 0.25) is 0 Å². The molecule has 6 nitrogen and oxygen atoms in total. The number of carbonyl (C=O) groups is 2. The smallest absolute Gasteiger partial charge is 0.342 e. The van der Waals surface area contributed by atoms with Gasteiger partial charge in [-0.25, -0.2) is 9.59 Å². The normalized spacial score (nSPS) is 16.1. The molecule has 1 rings (SSSR count). The average Bonchev–Trinajstić information content (AvgIpc) is 2.25. The van der Waals surface area contributed by atoms with Gasteiger partial charge in [-0.05, 0) is 12.5 Å². The van der Waals surface area contributed by atoms with Gasteiger partial charge in [0, 0.05) is 10.5 Å². The van der Waals surface area contributed by atoms with Gasteiger partial charge >= 0.3 is 11.9 Å². The molecule has 1 aliphatic rings. The average molecular weight is 167 g/mol. The second-order valence-corrected chi connectivity index (χ2v) is 2.17. The molecule has 0 saturated heterocycles. The van der Waals surface area contributed by atoms with Gasteiger partial charge < -0.3 is 4.74 Å². The number of azide groups is 1. The standard InChI is InChI=1S/C6H5N3O3/c1-3-4(2-8-9-7)6(11)12-5(3)10/h2H2,1H3. The zero-order valence-corrected chi connectivity index (χ0v) is 6.27. The van der Waals surface area contributed by atoms with E-state index in [-0.39, 0.29) is 17.7 Å². The summed E-state index contributed by atoms with van der Waals surface area (Å²) in [6.07, 6.45) is 0. The summed E-state index contributed by atoms with van der Waals surface area (Å²) in [6, 6.07) is 0. The van der Waals surface area contributed by atoms with Crippen LogP contribution in [0.5, 0.6) is 0 Å². The number of hydrogen-bond acceptors (Lipinski definition) is 4. The minimum Gasteiger partial charge on any atom is -0.386 e. The summed E-state index contributed by atoms with van der Waals surface area (Å²) in [5.41, 5.74) is 8.32. The van der Waals surface area contributed by atoms with E-state index in [4.69, 9.17) is 5.53 Å². The van der Waals surface area contributed by atoms with Gasteiger partial charge in [-0.3, -0.25) is 0 Å². The van der Waals surface area contributed by atoms with Gasteiger partial charge in [-0.2, -0.15) is 0 Å². The largest absolute Gasteiger partial charge is 0.386 e. The van der Waals surface area contributed by atoms with Crippen molar-refractivity contribution in [2.75, 3.05) is 6.54 Å². The van der Waals surface area contributed by atoms with Gasteiger partial charge in [0.15, 0.2) is 0 Å². The molecule has 62 valence electrons. The molecule has 0 saturated carbocycles. The Labute approximate surface area is 67.4 Å². The van der Waals surface area contributed by atoms with Crippen molar-refractivity contribution in [3.05, 3.63) is 21.6 Å². The lowest BCUT2D eigenvalue weighted by molar-refractivity contribution is -0.151. The number of ether oxygens (including phenoxy) is 1. The van der Waals surface area contributed by atoms with Crippen LogP contribution in [0, 0.1) is 0 Å². The topological polar surface area (TPSA) is 92.1 Å². The molecular formula is C6H5N3O3. The maximum absolute atomic E-state index is 10.8. The molecule has 0 atom stereocenters. The molecule has 0 unspecified atom stereocenters. The van der Waals surface area contributed by atoms with Gasteiger partial charge in [-0.1, -0.05) is 5.11 Å². The molecule has 0 aromatic rings. The fraction of sp³-hybridized carbons (Fsp3) is 0.333. The molecule has 0 aromatic heterocycles. The third kappa shape index (κ3) is 1.28. The van der Waals surface area contributed by atoms with Crippen LogP contribution in [0.2, 0.25) is 0 Å². The van der Waals surface area contributed by atoms with Crippen LogP contribution < -0.4 is 0 Å². The van der Waals surface area contributed by atoms with E-state index in [1.54, 1.807) is 0 Å². The molecule has 0 aliphatic carbocycles. The van der Waals surface area contributed by atoms with Crippen LogP contribution in [0.3, 0.4) is 0 Å². The molecular weight excluding hydrogens is 162 g/mol. The van der Waals surface area contributed by atoms with Crippen molar-refractivity contribution in [2.24, 2.45) is 5.11 Å². The highest BCUT2D eigenvalue weighted by Crippen LogP contribution is 2.16. The molecule has 6 heteroatoms. The van der Waals surface area contributed by atoms with Crippen LogP contribution >= 0.6 is 0 Å². The van der Waals surface area contributed by atoms with Crippen LogP contribution in [0.15, 0.2) is 16.3 Å². The van der Waals surface area contributed by atoms with E-state index in [9.17, 15) is 9.59 Å². The number of nitrogens with zero attached hydrogens (tertiary/aromatic N) is 3. The number of cyclic esters (lactones) is 2. The minimum atomic E-state index is -0.718. The summed E-state index contributed by atoms with van der Waals surface area (Å²) in [5, 5.41) is 3.16. The Morgan fingerprint density at radius 1 is 1.50 bits per heavy atom. The molecule has 0 spiro atoms. The van der Waals surface area contributed by atoms with Gasteiger partial charge in [0.1, 0.15) is 0 Å². The van der Waals surface area contributed by atoms with Crippen molar-refractivity contribution in [1.29, 1.82) is 0 Å². The van der Waals surface area contributed by atoms with E-state index in [1.165, 1.54) is 6.92 Å². The quantitative estimate of drug-likeness (QED) is 0.199. The van der Waals surface area contributed by atoms with Crippen LogP contribution in [0.1, 0.15) is 6.92 Å². The van der Waals surface area contributed by atoms with Crippen molar-refractivity contribution in [3.63, 3.8) is 0 Å². The predicted octanol–water partition coefficient (Wildman–Crippen LogP) is 0.697. The zero-order valence-electron chi connectivity index (χ0n) is 6.27. The highest BCUT2D eigenvalue weighted by atomic mass is 16.6. The van der Waals surface area contributed by atoms with Crippen molar-refractivity contribution in [2.45, 2.75) is 6.92 Å². The van der Waals surface area contributed by atoms with Gasteiger partial charge in [-0.15, -0.1) is 0 Å². The van der Waals surface area contributed by atoms with Crippen LogP contribution in [0.25, 0.3) is 10.4 Å². The Morgan fingerprint density at radius 3 is 2.58 bits per heavy atom. The molecule has 0 amide bonds. The number of hydrogen-bond donors (Lipinski definition) is 0. The highest BCUT2D eigenvalue weighted by Gasteiger charge is 2.28. The Balaban J connectivity index is 2.92. The summed E-state index contributed by atoms with van der Waals surface area (Å²) in [5.74, 6) is -1.38. The summed E-state index contributed by atoms with van der Waals surface area (Å²) in [6.45, 7) is 1.32. The summed E-state index contributed by atoms with van der Waals surface area (Å²) in [4.78, 5) is 24.0. The molecule has 12 heavy (non-hydrogen) atoms. The molecule has 0 N–H and O–H groups in total. The number of esters is 2. The van der Waals surface area contributed by atoms with Crippen molar-refractivity contribution in [1.82, 2.24) is 0 Å². The first-order valence-corrected chi connectivity index (χ1v) is 3.14. The van der Waals surface area contributed by atoms with E-state index in [0.717, 1.165) is 0 Å². The van der Waals surface area contributed by atoms with Crippen molar-refractivity contribution in [3.8, 4) is 0 Å². The number of rotatable bonds is 2. The van der Waals surface area contributed by atoms with Gasteiger partial charge in [0.25, 0.3) is 0 Å². The molecule has 0 aromatic carbocycles. The van der Waals surface area contributed by atoms with Gasteiger partial charge in [0.05, 0.1) is 12.1 Å². The molecule has 1 aliphatic heterocycles. The van der Waals surface area contributed by atoms with E-state index in [1.807, 2.05) is 0 Å². The lowest BCUT2D eigenvalue weighted by atomic mass is 10.2. The molecule has 1 heterocycles. The van der Waals surface area contributed by atoms with Crippen LogP contribution in [-0.2, 0) is 14.3 Å². The van der Waals surface area contributed by atoms with E-state index < -0.39 is 11.9 Å².